The molecule has 3 heterocycles. The maximum Gasteiger partial charge on any atom is 0.272 e. The fourth-order valence-electron chi connectivity index (χ4n) is 4.33. The van der Waals surface area contributed by atoms with Gasteiger partial charge >= 0.3 is 0 Å². The van der Waals surface area contributed by atoms with Gasteiger partial charge in [0.05, 0.1) is 13.2 Å². The van der Waals surface area contributed by atoms with Crippen LogP contribution in [0.2, 0.25) is 0 Å². The third kappa shape index (κ3) is 3.99. The molecule has 142 valence electrons. The average molecular weight is 359 g/mol. The summed E-state index contributed by atoms with van der Waals surface area (Å²) in [6.07, 6.45) is 8.25. The number of carbonyl (C=O) groups is 1. The summed E-state index contributed by atoms with van der Waals surface area (Å²) in [5.41, 5.74) is 0.507. The van der Waals surface area contributed by atoms with Crippen molar-refractivity contribution in [3.05, 3.63) is 18.1 Å². The zero-order valence-electron chi connectivity index (χ0n) is 15.5. The van der Waals surface area contributed by atoms with Crippen LogP contribution in [-0.4, -0.2) is 84.2 Å². The summed E-state index contributed by atoms with van der Waals surface area (Å²) in [4.78, 5) is 28.2. The van der Waals surface area contributed by atoms with E-state index in [1.165, 1.54) is 38.4 Å². The van der Waals surface area contributed by atoms with Gasteiger partial charge in [0.2, 0.25) is 0 Å². The van der Waals surface area contributed by atoms with Gasteiger partial charge in [-0.3, -0.25) is 9.69 Å². The minimum atomic E-state index is 0.0326. The van der Waals surface area contributed by atoms with Crippen molar-refractivity contribution in [3.63, 3.8) is 0 Å². The molecule has 0 unspecified atom stereocenters. The molecule has 0 radical (unpaired) electrons. The number of morpholine rings is 1. The second kappa shape index (κ2) is 8.31. The molecule has 26 heavy (non-hydrogen) atoms. The normalized spacial score (nSPS) is 23.2. The van der Waals surface area contributed by atoms with Crippen LogP contribution in [0.1, 0.15) is 42.6 Å². The molecule has 1 saturated carbocycles. The monoisotopic (exact) mass is 359 g/mol. The van der Waals surface area contributed by atoms with E-state index in [9.17, 15) is 4.79 Å². The van der Waals surface area contributed by atoms with Crippen LogP contribution < -0.4 is 4.90 Å². The van der Waals surface area contributed by atoms with Crippen LogP contribution in [0.25, 0.3) is 0 Å². The van der Waals surface area contributed by atoms with Gasteiger partial charge in [-0.25, -0.2) is 9.97 Å². The van der Waals surface area contributed by atoms with Crippen LogP contribution in [0.3, 0.4) is 0 Å². The van der Waals surface area contributed by atoms with E-state index >= 15 is 0 Å². The zero-order chi connectivity index (χ0) is 17.8. The molecule has 0 spiro atoms. The van der Waals surface area contributed by atoms with Crippen LogP contribution >= 0.6 is 0 Å². The van der Waals surface area contributed by atoms with Gasteiger partial charge in [0.25, 0.3) is 5.91 Å². The lowest BCUT2D eigenvalue weighted by Crippen LogP contribution is -2.52. The quantitative estimate of drug-likeness (QED) is 0.813. The molecule has 3 aliphatic rings. The van der Waals surface area contributed by atoms with E-state index in [0.717, 1.165) is 51.1 Å². The highest BCUT2D eigenvalue weighted by atomic mass is 16.5. The van der Waals surface area contributed by atoms with Gasteiger partial charge in [0.15, 0.2) is 0 Å². The maximum absolute atomic E-state index is 12.9. The Labute approximate surface area is 155 Å². The number of hydrogen-bond acceptors (Lipinski definition) is 6. The number of ether oxygens (including phenoxy) is 1. The number of nitrogens with zero attached hydrogens (tertiary/aromatic N) is 5. The first kappa shape index (κ1) is 17.7. The minimum Gasteiger partial charge on any atom is -0.378 e. The van der Waals surface area contributed by atoms with E-state index in [0.29, 0.717) is 18.9 Å². The predicted octanol–water partition coefficient (Wildman–Crippen LogP) is 1.40. The summed E-state index contributed by atoms with van der Waals surface area (Å²) >= 11 is 0. The van der Waals surface area contributed by atoms with Gasteiger partial charge in [0.1, 0.15) is 17.8 Å². The fraction of sp³-hybridized carbons (Fsp3) is 0.737. The maximum atomic E-state index is 12.9. The third-order valence-corrected chi connectivity index (χ3v) is 5.90. The first-order chi connectivity index (χ1) is 12.8. The molecular formula is C19H29N5O2. The first-order valence-corrected chi connectivity index (χ1v) is 9.99. The summed E-state index contributed by atoms with van der Waals surface area (Å²) in [7, 11) is 0. The first-order valence-electron chi connectivity index (χ1n) is 9.99. The third-order valence-electron chi connectivity index (χ3n) is 5.90. The summed E-state index contributed by atoms with van der Waals surface area (Å²) in [6, 6.07) is 2.56. The van der Waals surface area contributed by atoms with E-state index in [1.807, 2.05) is 11.0 Å². The van der Waals surface area contributed by atoms with Gasteiger partial charge < -0.3 is 14.5 Å². The summed E-state index contributed by atoms with van der Waals surface area (Å²) in [5.74, 6) is 0.859. The summed E-state index contributed by atoms with van der Waals surface area (Å²) < 4.78 is 5.39. The molecule has 1 aromatic heterocycles. The lowest BCUT2D eigenvalue weighted by Gasteiger charge is -2.40. The highest BCUT2D eigenvalue weighted by Crippen LogP contribution is 2.24. The van der Waals surface area contributed by atoms with Gasteiger partial charge in [-0.1, -0.05) is 19.3 Å². The van der Waals surface area contributed by atoms with E-state index in [1.54, 1.807) is 0 Å². The highest BCUT2D eigenvalue weighted by molar-refractivity contribution is 5.93. The van der Waals surface area contributed by atoms with E-state index in [2.05, 4.69) is 19.8 Å². The SMILES string of the molecule is O=C(c1cc(N2CCOCC2)ncn1)N1CCN(C2CCCCC2)CC1. The standard InChI is InChI=1S/C19H29N5O2/c25-19(17-14-18(21-15-20-17)23-10-12-26-13-11-23)24-8-6-22(7-9-24)16-4-2-1-3-5-16/h14-16H,1-13H2. The molecule has 4 rings (SSSR count). The van der Waals surface area contributed by atoms with Gasteiger partial charge in [-0.05, 0) is 12.8 Å². The molecule has 1 amide bonds. The molecule has 0 bridgehead atoms. The van der Waals surface area contributed by atoms with Crippen LogP contribution in [0.15, 0.2) is 12.4 Å². The van der Waals surface area contributed by atoms with Crippen molar-refractivity contribution in [3.8, 4) is 0 Å². The Morgan fingerprint density at radius 2 is 1.69 bits per heavy atom. The van der Waals surface area contributed by atoms with Crippen LogP contribution in [0, 0.1) is 0 Å². The van der Waals surface area contributed by atoms with Gasteiger partial charge in [-0.15, -0.1) is 0 Å². The highest BCUT2D eigenvalue weighted by Gasteiger charge is 2.28. The molecule has 7 heteroatoms. The number of hydrogen-bond donors (Lipinski definition) is 0. The Balaban J connectivity index is 1.36. The van der Waals surface area contributed by atoms with Crippen molar-refractivity contribution in [1.29, 1.82) is 0 Å². The zero-order valence-corrected chi connectivity index (χ0v) is 15.5. The van der Waals surface area contributed by atoms with Crippen molar-refractivity contribution in [2.75, 3.05) is 57.4 Å². The van der Waals surface area contributed by atoms with Crippen molar-refractivity contribution < 1.29 is 9.53 Å². The van der Waals surface area contributed by atoms with E-state index in [-0.39, 0.29) is 5.91 Å². The smallest absolute Gasteiger partial charge is 0.272 e. The molecule has 0 N–H and O–H groups in total. The number of amides is 1. The van der Waals surface area contributed by atoms with Gasteiger partial charge in [-0.2, -0.15) is 0 Å². The van der Waals surface area contributed by atoms with Crippen LogP contribution in [-0.2, 0) is 4.74 Å². The van der Waals surface area contributed by atoms with Crippen LogP contribution in [0.5, 0.6) is 0 Å². The van der Waals surface area contributed by atoms with Crippen LogP contribution in [0.4, 0.5) is 5.82 Å². The minimum absolute atomic E-state index is 0.0326. The molecule has 1 aromatic rings. The number of anilines is 1. The molecule has 1 aliphatic carbocycles. The number of rotatable bonds is 3. The van der Waals surface area contributed by atoms with Crippen molar-refractivity contribution in [2.45, 2.75) is 38.1 Å². The van der Waals surface area contributed by atoms with E-state index < -0.39 is 0 Å². The number of aromatic nitrogens is 2. The Morgan fingerprint density at radius 1 is 0.962 bits per heavy atom. The van der Waals surface area contributed by atoms with Gasteiger partial charge in [0, 0.05) is 51.4 Å². The molecule has 3 fully saturated rings. The molecule has 0 aromatic carbocycles. The summed E-state index contributed by atoms with van der Waals surface area (Å²) in [6.45, 7) is 6.59. The second-order valence-corrected chi connectivity index (χ2v) is 7.48. The molecule has 0 atom stereocenters. The van der Waals surface area contributed by atoms with E-state index in [4.69, 9.17) is 4.74 Å². The Bertz CT molecular complexity index is 606. The topological polar surface area (TPSA) is 61.8 Å². The fourth-order valence-corrected chi connectivity index (χ4v) is 4.33. The second-order valence-electron chi connectivity index (χ2n) is 7.48. The Kier molecular flexibility index (Phi) is 5.65. The number of piperazine rings is 1. The molecule has 2 aliphatic heterocycles. The van der Waals surface area contributed by atoms with Crippen molar-refractivity contribution in [1.82, 2.24) is 19.8 Å². The largest absolute Gasteiger partial charge is 0.378 e. The Morgan fingerprint density at radius 3 is 2.42 bits per heavy atom. The van der Waals surface area contributed by atoms with Crippen molar-refractivity contribution in [2.24, 2.45) is 0 Å². The predicted molar refractivity (Wildman–Crippen MR) is 99.4 cm³/mol. The lowest BCUT2D eigenvalue weighted by molar-refractivity contribution is 0.0518. The van der Waals surface area contributed by atoms with Crippen molar-refractivity contribution >= 4 is 11.7 Å². The number of carbonyl (C=O) groups excluding carboxylic acids is 1. The Hall–Kier alpha value is -1.73. The molecule has 7 nitrogen and oxygen atoms in total. The summed E-state index contributed by atoms with van der Waals surface area (Å²) in [5, 5.41) is 0. The average Bonchev–Trinajstić information content (AvgIpc) is 2.75. The molecular weight excluding hydrogens is 330 g/mol. The lowest BCUT2D eigenvalue weighted by atomic mass is 9.94. The molecule has 2 saturated heterocycles.